The van der Waals surface area contributed by atoms with Gasteiger partial charge in [0.25, 0.3) is 0 Å². The molecule has 6 nitrogen and oxygen atoms in total. The molecule has 0 aliphatic heterocycles. The van der Waals surface area contributed by atoms with E-state index in [-0.39, 0.29) is 5.91 Å². The highest BCUT2D eigenvalue weighted by Crippen LogP contribution is 2.31. The molecule has 0 unspecified atom stereocenters. The van der Waals surface area contributed by atoms with Crippen molar-refractivity contribution in [1.29, 1.82) is 0 Å². The van der Waals surface area contributed by atoms with Gasteiger partial charge in [0.15, 0.2) is 11.5 Å². The van der Waals surface area contributed by atoms with Crippen molar-refractivity contribution in [3.05, 3.63) is 53.9 Å². The Morgan fingerprint density at radius 3 is 2.57 bits per heavy atom. The van der Waals surface area contributed by atoms with Crippen LogP contribution in [0.4, 0.5) is 0 Å². The first kappa shape index (κ1) is 19.9. The van der Waals surface area contributed by atoms with Crippen molar-refractivity contribution in [1.82, 2.24) is 14.9 Å². The minimum atomic E-state index is 0.0295. The first-order valence-corrected chi connectivity index (χ1v) is 9.80. The monoisotopic (exact) mass is 397 g/mol. The molecule has 0 saturated carbocycles. The van der Waals surface area contributed by atoms with Crippen molar-refractivity contribution in [3.8, 4) is 11.5 Å². The Morgan fingerprint density at radius 1 is 1.11 bits per heavy atom. The first-order valence-electron chi connectivity index (χ1n) is 8.81. The SMILES string of the molecule is COc1cc(C)c(CN(C)C(=O)CSc2ncnc3ccccc23)cc1OC. The molecule has 0 N–H and O–H groups in total. The van der Waals surface area contributed by atoms with Gasteiger partial charge in [-0.2, -0.15) is 0 Å². The molecular weight excluding hydrogens is 374 g/mol. The molecule has 1 heterocycles. The topological polar surface area (TPSA) is 64.5 Å². The number of benzene rings is 2. The van der Waals surface area contributed by atoms with Crippen LogP contribution in [0.3, 0.4) is 0 Å². The van der Waals surface area contributed by atoms with Gasteiger partial charge in [-0.05, 0) is 36.2 Å². The highest BCUT2D eigenvalue weighted by atomic mass is 32.2. The van der Waals surface area contributed by atoms with Crippen LogP contribution in [0.15, 0.2) is 47.8 Å². The molecule has 2 aromatic carbocycles. The molecule has 0 saturated heterocycles. The molecule has 3 rings (SSSR count). The van der Waals surface area contributed by atoms with Crippen molar-refractivity contribution in [2.75, 3.05) is 27.0 Å². The number of rotatable bonds is 7. The molecule has 28 heavy (non-hydrogen) atoms. The minimum Gasteiger partial charge on any atom is -0.493 e. The molecule has 3 aromatic rings. The lowest BCUT2D eigenvalue weighted by atomic mass is 10.1. The molecule has 0 aliphatic rings. The van der Waals surface area contributed by atoms with Crippen LogP contribution in [0.25, 0.3) is 10.9 Å². The standard InChI is InChI=1S/C21H23N3O3S/c1-14-9-18(26-3)19(27-4)10-15(14)11-24(2)20(25)12-28-21-16-7-5-6-8-17(16)22-13-23-21/h5-10,13H,11-12H2,1-4H3. The molecule has 0 bridgehead atoms. The van der Waals surface area contributed by atoms with E-state index in [4.69, 9.17) is 9.47 Å². The van der Waals surface area contributed by atoms with Gasteiger partial charge in [0.05, 0.1) is 25.5 Å². The van der Waals surface area contributed by atoms with Gasteiger partial charge in [-0.15, -0.1) is 0 Å². The average molecular weight is 398 g/mol. The second-order valence-corrected chi connectivity index (χ2v) is 7.33. The summed E-state index contributed by atoms with van der Waals surface area (Å²) in [5, 5.41) is 1.77. The van der Waals surface area contributed by atoms with Crippen LogP contribution in [0.2, 0.25) is 0 Å². The summed E-state index contributed by atoms with van der Waals surface area (Å²) in [7, 11) is 5.02. The summed E-state index contributed by atoms with van der Waals surface area (Å²) in [6.45, 7) is 2.49. The van der Waals surface area contributed by atoms with Crippen molar-refractivity contribution in [2.24, 2.45) is 0 Å². The molecular formula is C21H23N3O3S. The zero-order chi connectivity index (χ0) is 20.1. The van der Waals surface area contributed by atoms with Crippen LogP contribution < -0.4 is 9.47 Å². The van der Waals surface area contributed by atoms with E-state index < -0.39 is 0 Å². The number of methoxy groups -OCH3 is 2. The Balaban J connectivity index is 1.68. The number of nitrogens with zero attached hydrogens (tertiary/aromatic N) is 3. The van der Waals surface area contributed by atoms with E-state index in [1.54, 1.807) is 26.2 Å². The van der Waals surface area contributed by atoms with E-state index in [0.717, 1.165) is 27.1 Å². The molecule has 0 fully saturated rings. The molecule has 1 aromatic heterocycles. The number of aryl methyl sites for hydroxylation is 1. The maximum absolute atomic E-state index is 12.7. The summed E-state index contributed by atoms with van der Waals surface area (Å²) in [5.74, 6) is 1.68. The Kier molecular flexibility index (Phi) is 6.36. The summed E-state index contributed by atoms with van der Waals surface area (Å²) in [5.41, 5.74) is 2.94. The maximum atomic E-state index is 12.7. The fourth-order valence-electron chi connectivity index (χ4n) is 2.87. The van der Waals surface area contributed by atoms with E-state index in [1.165, 1.54) is 18.1 Å². The molecule has 1 amide bonds. The number of para-hydroxylation sites is 1. The third-order valence-electron chi connectivity index (χ3n) is 4.51. The largest absolute Gasteiger partial charge is 0.493 e. The maximum Gasteiger partial charge on any atom is 0.233 e. The van der Waals surface area contributed by atoms with Gasteiger partial charge < -0.3 is 14.4 Å². The summed E-state index contributed by atoms with van der Waals surface area (Å²) < 4.78 is 10.7. The quantitative estimate of drug-likeness (QED) is 0.447. The summed E-state index contributed by atoms with van der Waals surface area (Å²) >= 11 is 1.43. The van der Waals surface area contributed by atoms with E-state index in [9.17, 15) is 4.79 Å². The van der Waals surface area contributed by atoms with Gasteiger partial charge in [-0.1, -0.05) is 30.0 Å². The fraction of sp³-hybridized carbons (Fsp3) is 0.286. The summed E-state index contributed by atoms with van der Waals surface area (Å²) in [6, 6.07) is 11.6. The van der Waals surface area contributed by atoms with Gasteiger partial charge in [0.1, 0.15) is 11.4 Å². The zero-order valence-electron chi connectivity index (χ0n) is 16.4. The number of hydrogen-bond donors (Lipinski definition) is 0. The summed E-state index contributed by atoms with van der Waals surface area (Å²) in [4.78, 5) is 23.0. The molecule has 0 radical (unpaired) electrons. The van der Waals surface area contributed by atoms with E-state index in [2.05, 4.69) is 9.97 Å². The van der Waals surface area contributed by atoms with Crippen LogP contribution in [-0.2, 0) is 11.3 Å². The second-order valence-electron chi connectivity index (χ2n) is 6.37. The Morgan fingerprint density at radius 2 is 1.82 bits per heavy atom. The molecule has 0 spiro atoms. The second kappa shape index (κ2) is 8.93. The van der Waals surface area contributed by atoms with Crippen LogP contribution >= 0.6 is 11.8 Å². The van der Waals surface area contributed by atoms with Crippen molar-refractivity contribution in [2.45, 2.75) is 18.5 Å². The number of ether oxygens (including phenoxy) is 2. The Hall–Kier alpha value is -2.80. The zero-order valence-corrected chi connectivity index (χ0v) is 17.2. The normalized spacial score (nSPS) is 10.7. The van der Waals surface area contributed by atoms with Gasteiger partial charge in [-0.25, -0.2) is 9.97 Å². The highest BCUT2D eigenvalue weighted by molar-refractivity contribution is 8.00. The number of hydrogen-bond acceptors (Lipinski definition) is 6. The van der Waals surface area contributed by atoms with Crippen molar-refractivity contribution in [3.63, 3.8) is 0 Å². The van der Waals surface area contributed by atoms with E-state index >= 15 is 0 Å². The fourth-order valence-corrected chi connectivity index (χ4v) is 3.80. The lowest BCUT2D eigenvalue weighted by molar-refractivity contribution is -0.127. The first-order chi connectivity index (χ1) is 13.5. The van der Waals surface area contributed by atoms with Gasteiger partial charge >= 0.3 is 0 Å². The number of thioether (sulfide) groups is 1. The van der Waals surface area contributed by atoms with Gasteiger partial charge in [0, 0.05) is 19.0 Å². The highest BCUT2D eigenvalue weighted by Gasteiger charge is 2.15. The number of aromatic nitrogens is 2. The average Bonchev–Trinajstić information content (AvgIpc) is 2.72. The van der Waals surface area contributed by atoms with Crippen LogP contribution in [0.1, 0.15) is 11.1 Å². The predicted molar refractivity (Wildman–Crippen MR) is 111 cm³/mol. The van der Waals surface area contributed by atoms with Crippen LogP contribution in [0, 0.1) is 6.92 Å². The number of carbonyl (C=O) groups is 1. The van der Waals surface area contributed by atoms with Crippen LogP contribution in [-0.4, -0.2) is 47.8 Å². The number of amides is 1. The van der Waals surface area contributed by atoms with Crippen molar-refractivity contribution >= 4 is 28.6 Å². The third kappa shape index (κ3) is 4.36. The summed E-state index contributed by atoms with van der Waals surface area (Å²) in [6.07, 6.45) is 1.53. The smallest absolute Gasteiger partial charge is 0.233 e. The molecule has 0 atom stereocenters. The minimum absolute atomic E-state index is 0.0295. The van der Waals surface area contributed by atoms with E-state index in [0.29, 0.717) is 23.8 Å². The molecule has 0 aliphatic carbocycles. The lowest BCUT2D eigenvalue weighted by Crippen LogP contribution is -2.28. The van der Waals surface area contributed by atoms with Crippen molar-refractivity contribution < 1.29 is 14.3 Å². The third-order valence-corrected chi connectivity index (χ3v) is 5.50. The van der Waals surface area contributed by atoms with Crippen LogP contribution in [0.5, 0.6) is 11.5 Å². The Bertz CT molecular complexity index is 989. The lowest BCUT2D eigenvalue weighted by Gasteiger charge is -2.20. The number of fused-ring (bicyclic) bond motifs is 1. The van der Waals surface area contributed by atoms with E-state index in [1.807, 2.05) is 43.3 Å². The molecule has 7 heteroatoms. The predicted octanol–water partition coefficient (Wildman–Crippen LogP) is 3.71. The number of carbonyl (C=O) groups excluding carboxylic acids is 1. The molecule has 146 valence electrons. The van der Waals surface area contributed by atoms with Gasteiger partial charge in [-0.3, -0.25) is 4.79 Å². The van der Waals surface area contributed by atoms with Gasteiger partial charge in [0.2, 0.25) is 5.91 Å². The Labute approximate surface area is 168 Å².